The van der Waals surface area contributed by atoms with Crippen LogP contribution in [0.5, 0.6) is 0 Å². The van der Waals surface area contributed by atoms with Crippen molar-refractivity contribution in [2.24, 2.45) is 0 Å². The molecule has 196 valence electrons. The Bertz CT molecular complexity index is 1040. The van der Waals surface area contributed by atoms with Gasteiger partial charge in [0.05, 0.1) is 25.4 Å². The first-order chi connectivity index (χ1) is 17.2. The van der Waals surface area contributed by atoms with E-state index in [9.17, 15) is 15.0 Å². The zero-order valence-electron chi connectivity index (χ0n) is 21.8. The highest BCUT2D eigenvalue weighted by Crippen LogP contribution is 2.29. The van der Waals surface area contributed by atoms with E-state index in [1.165, 1.54) is 30.4 Å². The number of benzene rings is 2. The van der Waals surface area contributed by atoms with Crippen LogP contribution in [0.3, 0.4) is 0 Å². The average molecular weight is 497 g/mol. The minimum atomic E-state index is -1.33. The molecule has 6 heteroatoms. The third-order valence-corrected chi connectivity index (χ3v) is 6.33. The van der Waals surface area contributed by atoms with Crippen LogP contribution in [0.15, 0.2) is 60.7 Å². The number of carbonyl (C=O) groups excluding carboxylic acids is 1. The fraction of sp³-hybridized carbons (Fsp3) is 0.433. The largest absolute Gasteiger partial charge is 0.462 e. The second kappa shape index (κ2) is 14.7. The van der Waals surface area contributed by atoms with Gasteiger partial charge in [-0.2, -0.15) is 0 Å². The van der Waals surface area contributed by atoms with E-state index in [1.807, 2.05) is 25.1 Å². The summed E-state index contributed by atoms with van der Waals surface area (Å²) in [5.41, 5.74) is 6.95. The van der Waals surface area contributed by atoms with Crippen LogP contribution in [0.1, 0.15) is 54.4 Å². The number of hydrogen-bond acceptors (Lipinski definition) is 6. The molecule has 0 spiro atoms. The quantitative estimate of drug-likeness (QED) is 0.108. The molecule has 36 heavy (non-hydrogen) atoms. The summed E-state index contributed by atoms with van der Waals surface area (Å²) in [7, 11) is 0. The highest BCUT2D eigenvalue weighted by atomic mass is 16.6. The summed E-state index contributed by atoms with van der Waals surface area (Å²) in [5.74, 6) is -1.08. The SMILES string of the molecule is C=C(CO)C(=O)OCC(COC(O)C(=C)CO)c1ccc(-c2ccc(CCCCC)c(C)c2)c(C)c1. The number of aliphatic hydroxyl groups is 3. The van der Waals surface area contributed by atoms with E-state index in [2.05, 4.69) is 45.2 Å². The number of rotatable bonds is 15. The van der Waals surface area contributed by atoms with Crippen molar-refractivity contribution < 1.29 is 29.6 Å². The van der Waals surface area contributed by atoms with Crippen molar-refractivity contribution in [3.8, 4) is 11.1 Å². The van der Waals surface area contributed by atoms with Crippen LogP contribution < -0.4 is 0 Å². The number of aryl methyl sites for hydroxylation is 3. The lowest BCUT2D eigenvalue weighted by Gasteiger charge is -2.22. The first-order valence-electron chi connectivity index (χ1n) is 12.5. The van der Waals surface area contributed by atoms with Gasteiger partial charge in [0.25, 0.3) is 0 Å². The van der Waals surface area contributed by atoms with Gasteiger partial charge in [0.2, 0.25) is 0 Å². The second-order valence-electron chi connectivity index (χ2n) is 9.23. The van der Waals surface area contributed by atoms with E-state index >= 15 is 0 Å². The third-order valence-electron chi connectivity index (χ3n) is 6.33. The van der Waals surface area contributed by atoms with E-state index in [0.717, 1.165) is 28.7 Å². The molecule has 0 aliphatic carbocycles. The normalized spacial score (nSPS) is 12.7. The highest BCUT2D eigenvalue weighted by Gasteiger charge is 2.20. The lowest BCUT2D eigenvalue weighted by molar-refractivity contribution is -0.141. The monoisotopic (exact) mass is 496 g/mol. The Kier molecular flexibility index (Phi) is 12.0. The number of ether oxygens (including phenoxy) is 2. The maximum Gasteiger partial charge on any atom is 0.335 e. The molecule has 2 unspecified atom stereocenters. The molecule has 0 aliphatic heterocycles. The van der Waals surface area contributed by atoms with Gasteiger partial charge in [0, 0.05) is 11.5 Å². The Morgan fingerprint density at radius 1 is 0.972 bits per heavy atom. The molecule has 2 atom stereocenters. The first kappa shape index (κ1) is 29.5. The minimum Gasteiger partial charge on any atom is -0.462 e. The molecule has 2 aromatic rings. The molecule has 0 saturated carbocycles. The van der Waals surface area contributed by atoms with Crippen molar-refractivity contribution in [3.63, 3.8) is 0 Å². The van der Waals surface area contributed by atoms with Gasteiger partial charge < -0.3 is 24.8 Å². The van der Waals surface area contributed by atoms with Crippen molar-refractivity contribution in [3.05, 3.63) is 83.0 Å². The zero-order valence-corrected chi connectivity index (χ0v) is 21.8. The number of esters is 1. The molecule has 0 amide bonds. The summed E-state index contributed by atoms with van der Waals surface area (Å²) in [4.78, 5) is 12.0. The lowest BCUT2D eigenvalue weighted by atomic mass is 9.91. The van der Waals surface area contributed by atoms with Crippen LogP contribution in [-0.2, 0) is 20.7 Å². The molecule has 0 fully saturated rings. The topological polar surface area (TPSA) is 96.2 Å². The van der Waals surface area contributed by atoms with Crippen LogP contribution in [-0.4, -0.2) is 54.0 Å². The maximum absolute atomic E-state index is 12.0. The predicted molar refractivity (Wildman–Crippen MR) is 143 cm³/mol. The Hall–Kier alpha value is -2.77. The van der Waals surface area contributed by atoms with E-state index in [4.69, 9.17) is 14.6 Å². The van der Waals surface area contributed by atoms with Gasteiger partial charge in [-0.25, -0.2) is 4.79 Å². The highest BCUT2D eigenvalue weighted by molar-refractivity contribution is 5.87. The summed E-state index contributed by atoms with van der Waals surface area (Å²) in [6.07, 6.45) is 3.40. The van der Waals surface area contributed by atoms with E-state index in [1.54, 1.807) is 0 Å². The van der Waals surface area contributed by atoms with Crippen molar-refractivity contribution in [1.29, 1.82) is 0 Å². The summed E-state index contributed by atoms with van der Waals surface area (Å²) in [6, 6.07) is 12.6. The Labute approximate surface area is 214 Å². The van der Waals surface area contributed by atoms with Gasteiger partial charge in [-0.15, -0.1) is 0 Å². The molecule has 0 radical (unpaired) electrons. The van der Waals surface area contributed by atoms with Gasteiger partial charge in [0.15, 0.2) is 6.29 Å². The van der Waals surface area contributed by atoms with Crippen LogP contribution in [0.4, 0.5) is 0 Å². The Morgan fingerprint density at radius 2 is 1.72 bits per heavy atom. The molecule has 6 nitrogen and oxygen atoms in total. The van der Waals surface area contributed by atoms with Crippen LogP contribution in [0.25, 0.3) is 11.1 Å². The molecule has 0 aromatic heterocycles. The predicted octanol–water partition coefficient (Wildman–Crippen LogP) is 4.76. The van der Waals surface area contributed by atoms with Gasteiger partial charge in [-0.3, -0.25) is 0 Å². The van der Waals surface area contributed by atoms with Crippen molar-refractivity contribution in [1.82, 2.24) is 0 Å². The molecule has 3 N–H and O–H groups in total. The summed E-state index contributed by atoms with van der Waals surface area (Å²) >= 11 is 0. The van der Waals surface area contributed by atoms with Gasteiger partial charge in [0.1, 0.15) is 6.61 Å². The van der Waals surface area contributed by atoms with Crippen LogP contribution >= 0.6 is 0 Å². The lowest BCUT2D eigenvalue weighted by Crippen LogP contribution is -2.24. The second-order valence-corrected chi connectivity index (χ2v) is 9.23. The number of unbranched alkanes of at least 4 members (excludes halogenated alkanes) is 2. The minimum absolute atomic E-state index is 0.0273. The van der Waals surface area contributed by atoms with Crippen molar-refractivity contribution >= 4 is 5.97 Å². The zero-order chi connectivity index (χ0) is 26.7. The molecular formula is C30H40O6. The van der Waals surface area contributed by atoms with E-state index in [-0.39, 0.29) is 24.4 Å². The average Bonchev–Trinajstić information content (AvgIpc) is 2.88. The van der Waals surface area contributed by atoms with Gasteiger partial charge in [-0.05, 0) is 60.1 Å². The summed E-state index contributed by atoms with van der Waals surface area (Å²) in [5, 5.41) is 28.3. The first-order valence-corrected chi connectivity index (χ1v) is 12.5. The number of aliphatic hydroxyl groups excluding tert-OH is 3. The molecule has 0 bridgehead atoms. The standard InChI is InChI=1S/C30H40O6/c1-6-7-8-9-24-10-11-26(14-20(24)2)28-13-12-25(15-21(28)3)27(18-35-29(33)22(4)16-31)19-36-30(34)23(5)17-32/h10-15,27,29,31-33H,4-9,16-19H2,1-3H3. The van der Waals surface area contributed by atoms with Crippen molar-refractivity contribution in [2.45, 2.75) is 58.7 Å². The maximum atomic E-state index is 12.0. The van der Waals surface area contributed by atoms with E-state index < -0.39 is 31.4 Å². The molecule has 0 saturated heterocycles. The van der Waals surface area contributed by atoms with Crippen LogP contribution in [0, 0.1) is 13.8 Å². The molecule has 2 rings (SSSR count). The Balaban J connectivity index is 2.24. The van der Waals surface area contributed by atoms with Crippen LogP contribution in [0.2, 0.25) is 0 Å². The fourth-order valence-electron chi connectivity index (χ4n) is 3.96. The number of hydrogen-bond donors (Lipinski definition) is 3. The third kappa shape index (κ3) is 8.42. The van der Waals surface area contributed by atoms with E-state index in [0.29, 0.717) is 0 Å². The smallest absolute Gasteiger partial charge is 0.335 e. The fourth-order valence-corrected chi connectivity index (χ4v) is 3.96. The summed E-state index contributed by atoms with van der Waals surface area (Å²) < 4.78 is 10.8. The van der Waals surface area contributed by atoms with Gasteiger partial charge in [-0.1, -0.05) is 69.3 Å². The molecule has 2 aromatic carbocycles. The summed E-state index contributed by atoms with van der Waals surface area (Å²) in [6.45, 7) is 12.6. The van der Waals surface area contributed by atoms with Gasteiger partial charge >= 0.3 is 5.97 Å². The molecule has 0 aliphatic rings. The van der Waals surface area contributed by atoms with Crippen molar-refractivity contribution in [2.75, 3.05) is 26.4 Å². The Morgan fingerprint density at radius 3 is 2.33 bits per heavy atom. The molecular weight excluding hydrogens is 456 g/mol. The molecule has 0 heterocycles. The number of carbonyl (C=O) groups is 1.